The minimum Gasteiger partial charge on any atom is -0.491 e. The zero-order valence-corrected chi connectivity index (χ0v) is 13.4. The number of benzene rings is 1. The predicted molar refractivity (Wildman–Crippen MR) is 85.6 cm³/mol. The standard InChI is InChI=1S/C17H27FN2O/c1-4-14-8-9-20(12-13(3)11-19-14)15-6-7-17(21-5-2)16(18)10-15/h6-7,10,13-14,19H,4-5,8-9,11-12H2,1-3H3. The number of halogens is 1. The van der Waals surface area contributed by atoms with Crippen molar-refractivity contribution in [3.63, 3.8) is 0 Å². The van der Waals surface area contributed by atoms with E-state index in [0.717, 1.165) is 38.2 Å². The number of ether oxygens (including phenoxy) is 1. The molecule has 2 unspecified atom stereocenters. The van der Waals surface area contributed by atoms with E-state index in [9.17, 15) is 4.39 Å². The first-order chi connectivity index (χ1) is 10.1. The maximum absolute atomic E-state index is 14.0. The molecule has 1 saturated heterocycles. The SMILES string of the molecule is CCOc1ccc(N2CCC(CC)NCC(C)C2)cc1F. The highest BCUT2D eigenvalue weighted by Crippen LogP contribution is 2.25. The first kappa shape index (κ1) is 16.1. The van der Waals surface area contributed by atoms with Crippen LogP contribution in [-0.4, -0.2) is 32.3 Å². The van der Waals surface area contributed by atoms with Gasteiger partial charge in [0.25, 0.3) is 0 Å². The van der Waals surface area contributed by atoms with Gasteiger partial charge in [-0.25, -0.2) is 4.39 Å². The Hall–Kier alpha value is -1.29. The molecule has 1 aliphatic rings. The first-order valence-corrected chi connectivity index (χ1v) is 8.04. The minimum atomic E-state index is -0.269. The maximum atomic E-state index is 14.0. The molecule has 0 aromatic heterocycles. The molecule has 2 atom stereocenters. The highest BCUT2D eigenvalue weighted by Gasteiger charge is 2.19. The van der Waals surface area contributed by atoms with Crippen molar-refractivity contribution in [2.75, 3.05) is 31.1 Å². The third kappa shape index (κ3) is 4.34. The molecule has 1 fully saturated rings. The number of rotatable bonds is 4. The molecule has 0 bridgehead atoms. The van der Waals surface area contributed by atoms with E-state index in [0.29, 0.717) is 24.3 Å². The second-order valence-electron chi connectivity index (χ2n) is 5.90. The van der Waals surface area contributed by atoms with Gasteiger partial charge in [0, 0.05) is 30.9 Å². The maximum Gasteiger partial charge on any atom is 0.167 e. The van der Waals surface area contributed by atoms with Crippen LogP contribution >= 0.6 is 0 Å². The molecule has 2 rings (SSSR count). The van der Waals surface area contributed by atoms with Gasteiger partial charge in [0.1, 0.15) is 0 Å². The highest BCUT2D eigenvalue weighted by atomic mass is 19.1. The predicted octanol–water partition coefficient (Wildman–Crippen LogP) is 3.44. The van der Waals surface area contributed by atoms with Crippen LogP contribution in [0.4, 0.5) is 10.1 Å². The van der Waals surface area contributed by atoms with Crippen molar-refractivity contribution < 1.29 is 9.13 Å². The van der Waals surface area contributed by atoms with Crippen molar-refractivity contribution in [1.29, 1.82) is 0 Å². The number of hydrogen-bond donors (Lipinski definition) is 1. The van der Waals surface area contributed by atoms with E-state index >= 15 is 0 Å². The second-order valence-corrected chi connectivity index (χ2v) is 5.90. The molecule has 0 spiro atoms. The van der Waals surface area contributed by atoms with Crippen LogP contribution in [0, 0.1) is 11.7 Å². The molecule has 1 aliphatic heterocycles. The van der Waals surface area contributed by atoms with Gasteiger partial charge in [0.15, 0.2) is 11.6 Å². The van der Waals surface area contributed by atoms with E-state index in [-0.39, 0.29) is 5.82 Å². The van der Waals surface area contributed by atoms with Gasteiger partial charge in [-0.15, -0.1) is 0 Å². The van der Waals surface area contributed by atoms with Crippen LogP contribution in [-0.2, 0) is 0 Å². The number of nitrogens with one attached hydrogen (secondary N) is 1. The van der Waals surface area contributed by atoms with Crippen LogP contribution in [0.5, 0.6) is 5.75 Å². The quantitative estimate of drug-likeness (QED) is 0.920. The van der Waals surface area contributed by atoms with E-state index in [4.69, 9.17) is 4.74 Å². The second kappa shape index (κ2) is 7.64. The van der Waals surface area contributed by atoms with Gasteiger partial charge in [-0.2, -0.15) is 0 Å². The summed E-state index contributed by atoms with van der Waals surface area (Å²) in [6.07, 6.45) is 2.23. The lowest BCUT2D eigenvalue weighted by atomic mass is 10.0. The molecular formula is C17H27FN2O. The summed E-state index contributed by atoms with van der Waals surface area (Å²) in [5.74, 6) is 0.623. The molecule has 4 heteroatoms. The van der Waals surface area contributed by atoms with Crippen molar-refractivity contribution >= 4 is 5.69 Å². The van der Waals surface area contributed by atoms with Gasteiger partial charge in [-0.3, -0.25) is 0 Å². The number of anilines is 1. The molecule has 1 aromatic rings. The Morgan fingerprint density at radius 3 is 2.86 bits per heavy atom. The van der Waals surface area contributed by atoms with Gasteiger partial charge in [0.05, 0.1) is 6.61 Å². The molecule has 0 radical (unpaired) electrons. The van der Waals surface area contributed by atoms with Gasteiger partial charge < -0.3 is 15.0 Å². The summed E-state index contributed by atoms with van der Waals surface area (Å²) in [6.45, 7) is 9.74. The summed E-state index contributed by atoms with van der Waals surface area (Å²) >= 11 is 0. The molecule has 21 heavy (non-hydrogen) atoms. The van der Waals surface area contributed by atoms with Crippen molar-refractivity contribution in [2.45, 2.75) is 39.7 Å². The molecule has 1 heterocycles. The fourth-order valence-corrected chi connectivity index (χ4v) is 2.86. The molecule has 1 aromatic carbocycles. The van der Waals surface area contributed by atoms with E-state index in [1.807, 2.05) is 13.0 Å². The zero-order valence-electron chi connectivity index (χ0n) is 13.4. The van der Waals surface area contributed by atoms with Crippen LogP contribution < -0.4 is 15.0 Å². The van der Waals surface area contributed by atoms with E-state index in [1.54, 1.807) is 12.1 Å². The summed E-state index contributed by atoms with van der Waals surface area (Å²) in [7, 11) is 0. The van der Waals surface area contributed by atoms with E-state index in [2.05, 4.69) is 24.1 Å². The van der Waals surface area contributed by atoms with Crippen LogP contribution in [0.2, 0.25) is 0 Å². The normalized spacial score (nSPS) is 23.5. The Kier molecular flexibility index (Phi) is 5.85. The Morgan fingerprint density at radius 1 is 1.38 bits per heavy atom. The van der Waals surface area contributed by atoms with Crippen molar-refractivity contribution in [3.8, 4) is 5.75 Å². The summed E-state index contributed by atoms with van der Waals surface area (Å²) in [4.78, 5) is 2.30. The Bertz CT molecular complexity index is 452. The molecule has 118 valence electrons. The van der Waals surface area contributed by atoms with Gasteiger partial charge in [-0.1, -0.05) is 13.8 Å². The topological polar surface area (TPSA) is 24.5 Å². The van der Waals surface area contributed by atoms with Gasteiger partial charge >= 0.3 is 0 Å². The minimum absolute atomic E-state index is 0.269. The average molecular weight is 294 g/mol. The Labute approximate surface area is 127 Å². The zero-order chi connectivity index (χ0) is 15.2. The monoisotopic (exact) mass is 294 g/mol. The largest absolute Gasteiger partial charge is 0.491 e. The molecule has 1 N–H and O–H groups in total. The fraction of sp³-hybridized carbons (Fsp3) is 0.647. The highest BCUT2D eigenvalue weighted by molar-refractivity contribution is 5.50. The molecule has 3 nitrogen and oxygen atoms in total. The van der Waals surface area contributed by atoms with Crippen LogP contribution in [0.15, 0.2) is 18.2 Å². The lowest BCUT2D eigenvalue weighted by Crippen LogP contribution is -2.43. The lowest BCUT2D eigenvalue weighted by Gasteiger charge is -2.33. The lowest BCUT2D eigenvalue weighted by molar-refractivity contribution is 0.321. The van der Waals surface area contributed by atoms with Gasteiger partial charge in [0.2, 0.25) is 0 Å². The van der Waals surface area contributed by atoms with Crippen molar-refractivity contribution in [3.05, 3.63) is 24.0 Å². The third-order valence-electron chi connectivity index (χ3n) is 4.11. The average Bonchev–Trinajstić information content (AvgIpc) is 2.46. The van der Waals surface area contributed by atoms with Crippen LogP contribution in [0.1, 0.15) is 33.6 Å². The number of nitrogens with zero attached hydrogens (tertiary/aromatic N) is 1. The Balaban J connectivity index is 2.12. The summed E-state index contributed by atoms with van der Waals surface area (Å²) in [5, 5.41) is 3.61. The summed E-state index contributed by atoms with van der Waals surface area (Å²) < 4.78 is 19.3. The van der Waals surface area contributed by atoms with Crippen molar-refractivity contribution in [2.24, 2.45) is 5.92 Å². The molecule has 0 aliphatic carbocycles. The summed E-state index contributed by atoms with van der Waals surface area (Å²) in [6, 6.07) is 5.88. The molecule has 0 amide bonds. The smallest absolute Gasteiger partial charge is 0.167 e. The fourth-order valence-electron chi connectivity index (χ4n) is 2.86. The first-order valence-electron chi connectivity index (χ1n) is 8.04. The van der Waals surface area contributed by atoms with E-state index in [1.165, 1.54) is 0 Å². The van der Waals surface area contributed by atoms with Crippen LogP contribution in [0.3, 0.4) is 0 Å². The summed E-state index contributed by atoms with van der Waals surface area (Å²) in [5.41, 5.74) is 0.958. The third-order valence-corrected chi connectivity index (χ3v) is 4.11. The van der Waals surface area contributed by atoms with Gasteiger partial charge in [-0.05, 0) is 44.4 Å². The van der Waals surface area contributed by atoms with Crippen LogP contribution in [0.25, 0.3) is 0 Å². The Morgan fingerprint density at radius 2 is 2.19 bits per heavy atom. The molecular weight excluding hydrogens is 267 g/mol. The van der Waals surface area contributed by atoms with Crippen molar-refractivity contribution in [1.82, 2.24) is 5.32 Å². The molecule has 0 saturated carbocycles. The number of hydrogen-bond acceptors (Lipinski definition) is 3. The van der Waals surface area contributed by atoms with E-state index < -0.39 is 0 Å².